The topological polar surface area (TPSA) is 64.5 Å². The lowest BCUT2D eigenvalue weighted by Gasteiger charge is -2.13. The Kier molecular flexibility index (Phi) is 5.38. The first kappa shape index (κ1) is 18.5. The van der Waals surface area contributed by atoms with Gasteiger partial charge in [-0.25, -0.2) is 9.97 Å². The molecule has 4 rings (SSSR count). The number of rotatable bonds is 6. The Morgan fingerprint density at radius 2 is 1.66 bits per heavy atom. The fourth-order valence-corrected chi connectivity index (χ4v) is 3.15. The molecule has 1 aromatic heterocycles. The molecule has 0 saturated heterocycles. The van der Waals surface area contributed by atoms with Gasteiger partial charge in [0.05, 0.1) is 12.8 Å². The second-order valence-electron chi connectivity index (χ2n) is 6.44. The van der Waals surface area contributed by atoms with Crippen LogP contribution in [0.1, 0.15) is 5.56 Å². The fraction of sp³-hybridized carbons (Fsp3) is 0.0833. The van der Waals surface area contributed by atoms with Crippen molar-refractivity contribution in [1.29, 1.82) is 0 Å². The van der Waals surface area contributed by atoms with Crippen LogP contribution >= 0.6 is 0 Å². The summed E-state index contributed by atoms with van der Waals surface area (Å²) >= 11 is 0. The predicted molar refractivity (Wildman–Crippen MR) is 112 cm³/mol. The van der Waals surface area contributed by atoms with Gasteiger partial charge in [-0.3, -0.25) is 0 Å². The molecule has 0 fully saturated rings. The number of hydrogen-bond acceptors (Lipinski definition) is 5. The van der Waals surface area contributed by atoms with Crippen molar-refractivity contribution in [3.63, 3.8) is 0 Å². The minimum Gasteiger partial charge on any atom is -0.507 e. The van der Waals surface area contributed by atoms with Crippen molar-refractivity contribution in [1.82, 2.24) is 9.97 Å². The SMILES string of the molecule is COc1ccccc1-c1cncnc1-c1ccc(OCc2ccccc2)cc1O. The maximum absolute atomic E-state index is 10.7. The molecule has 0 amide bonds. The molecule has 29 heavy (non-hydrogen) atoms. The van der Waals surface area contributed by atoms with Gasteiger partial charge in [0.15, 0.2) is 0 Å². The Morgan fingerprint density at radius 3 is 2.45 bits per heavy atom. The summed E-state index contributed by atoms with van der Waals surface area (Å²) in [6, 6.07) is 22.8. The van der Waals surface area contributed by atoms with E-state index in [9.17, 15) is 5.11 Å². The third kappa shape index (κ3) is 4.04. The van der Waals surface area contributed by atoms with Gasteiger partial charge in [0.1, 0.15) is 30.2 Å². The van der Waals surface area contributed by atoms with Gasteiger partial charge >= 0.3 is 0 Å². The molecule has 0 aliphatic rings. The Morgan fingerprint density at radius 1 is 0.862 bits per heavy atom. The molecule has 0 saturated carbocycles. The van der Waals surface area contributed by atoms with E-state index in [1.54, 1.807) is 25.4 Å². The fourth-order valence-electron chi connectivity index (χ4n) is 3.15. The third-order valence-electron chi connectivity index (χ3n) is 4.58. The van der Waals surface area contributed by atoms with Crippen LogP contribution in [0.3, 0.4) is 0 Å². The standard InChI is InChI=1S/C24H20N2O3/c1-28-23-10-6-5-9-19(23)21-14-25-16-26-24(21)20-12-11-18(13-22(20)27)29-15-17-7-3-2-4-8-17/h2-14,16,27H,15H2,1H3. The highest BCUT2D eigenvalue weighted by Gasteiger charge is 2.16. The number of phenols is 1. The largest absolute Gasteiger partial charge is 0.507 e. The molecule has 144 valence electrons. The van der Waals surface area contributed by atoms with Crippen molar-refractivity contribution < 1.29 is 14.6 Å². The van der Waals surface area contributed by atoms with Crippen molar-refractivity contribution in [2.24, 2.45) is 0 Å². The lowest BCUT2D eigenvalue weighted by molar-refractivity contribution is 0.304. The molecule has 0 bridgehead atoms. The molecule has 0 aliphatic heterocycles. The lowest BCUT2D eigenvalue weighted by Crippen LogP contribution is -1.96. The monoisotopic (exact) mass is 384 g/mol. The molecule has 1 N–H and O–H groups in total. The van der Waals surface area contributed by atoms with Gasteiger partial charge in [-0.1, -0.05) is 48.5 Å². The van der Waals surface area contributed by atoms with Crippen LogP contribution in [-0.2, 0) is 6.61 Å². The summed E-state index contributed by atoms with van der Waals surface area (Å²) in [5, 5.41) is 10.7. The summed E-state index contributed by atoms with van der Waals surface area (Å²) in [7, 11) is 1.62. The van der Waals surface area contributed by atoms with E-state index in [4.69, 9.17) is 9.47 Å². The highest BCUT2D eigenvalue weighted by atomic mass is 16.5. The van der Waals surface area contributed by atoms with Gasteiger partial charge in [0, 0.05) is 29.0 Å². The highest BCUT2D eigenvalue weighted by Crippen LogP contribution is 2.39. The van der Waals surface area contributed by atoms with E-state index in [-0.39, 0.29) is 5.75 Å². The van der Waals surface area contributed by atoms with Gasteiger partial charge in [-0.15, -0.1) is 0 Å². The molecule has 0 unspecified atom stereocenters. The Hall–Kier alpha value is -3.86. The van der Waals surface area contributed by atoms with Crippen LogP contribution in [-0.4, -0.2) is 22.2 Å². The van der Waals surface area contributed by atoms with Gasteiger partial charge in [0.2, 0.25) is 0 Å². The van der Waals surface area contributed by atoms with Crippen molar-refractivity contribution >= 4 is 0 Å². The number of phenolic OH excluding ortho intramolecular Hbond substituents is 1. The minimum atomic E-state index is 0.0883. The van der Waals surface area contributed by atoms with E-state index in [1.807, 2.05) is 60.7 Å². The summed E-state index contributed by atoms with van der Waals surface area (Å²) < 4.78 is 11.3. The van der Waals surface area contributed by atoms with Crippen LogP contribution in [0, 0.1) is 0 Å². The normalized spacial score (nSPS) is 10.5. The number of para-hydroxylation sites is 1. The number of aromatic hydroxyl groups is 1. The highest BCUT2D eigenvalue weighted by molar-refractivity contribution is 5.85. The molecule has 0 atom stereocenters. The average molecular weight is 384 g/mol. The molecule has 0 radical (unpaired) electrons. The zero-order valence-electron chi connectivity index (χ0n) is 15.9. The van der Waals surface area contributed by atoms with Crippen molar-refractivity contribution in [2.75, 3.05) is 7.11 Å². The zero-order chi connectivity index (χ0) is 20.1. The summed E-state index contributed by atoms with van der Waals surface area (Å²) in [5.74, 6) is 1.39. The second kappa shape index (κ2) is 8.44. The average Bonchev–Trinajstić information content (AvgIpc) is 2.78. The van der Waals surface area contributed by atoms with E-state index >= 15 is 0 Å². The molecular formula is C24H20N2O3. The van der Waals surface area contributed by atoms with E-state index in [0.717, 1.165) is 16.7 Å². The van der Waals surface area contributed by atoms with E-state index in [1.165, 1.54) is 6.33 Å². The molecule has 5 heteroatoms. The summed E-state index contributed by atoms with van der Waals surface area (Å²) in [4.78, 5) is 8.58. The molecule has 0 spiro atoms. The smallest absolute Gasteiger partial charge is 0.128 e. The van der Waals surface area contributed by atoms with Crippen LogP contribution in [0.15, 0.2) is 85.3 Å². The van der Waals surface area contributed by atoms with E-state index in [2.05, 4.69) is 9.97 Å². The van der Waals surface area contributed by atoms with E-state index < -0.39 is 0 Å². The Labute approximate surface area is 169 Å². The molecule has 0 aliphatic carbocycles. The first-order valence-electron chi connectivity index (χ1n) is 9.20. The Balaban J connectivity index is 1.66. The zero-order valence-corrected chi connectivity index (χ0v) is 15.9. The quantitative estimate of drug-likeness (QED) is 0.501. The van der Waals surface area contributed by atoms with Crippen LogP contribution in [0.25, 0.3) is 22.4 Å². The maximum atomic E-state index is 10.7. The van der Waals surface area contributed by atoms with Gasteiger partial charge in [0.25, 0.3) is 0 Å². The summed E-state index contributed by atoms with van der Waals surface area (Å²) in [6.07, 6.45) is 3.19. The predicted octanol–water partition coefficient (Wildman–Crippen LogP) is 5.10. The van der Waals surface area contributed by atoms with Crippen LogP contribution in [0.2, 0.25) is 0 Å². The van der Waals surface area contributed by atoms with E-state index in [0.29, 0.717) is 29.4 Å². The number of aromatic nitrogens is 2. The Bertz CT molecular complexity index is 1110. The third-order valence-corrected chi connectivity index (χ3v) is 4.58. The molecule has 4 aromatic rings. The first-order valence-corrected chi connectivity index (χ1v) is 9.20. The van der Waals surface area contributed by atoms with Crippen LogP contribution < -0.4 is 9.47 Å². The molecule has 5 nitrogen and oxygen atoms in total. The number of methoxy groups -OCH3 is 1. The van der Waals surface area contributed by atoms with Gasteiger partial charge in [-0.05, 0) is 23.8 Å². The summed E-state index contributed by atoms with van der Waals surface area (Å²) in [5.41, 5.74) is 3.91. The number of nitrogens with zero attached hydrogens (tertiary/aromatic N) is 2. The maximum Gasteiger partial charge on any atom is 0.128 e. The van der Waals surface area contributed by atoms with Crippen molar-refractivity contribution in [3.8, 4) is 39.6 Å². The van der Waals surface area contributed by atoms with Gasteiger partial charge in [-0.2, -0.15) is 0 Å². The number of benzene rings is 3. The minimum absolute atomic E-state index is 0.0883. The van der Waals surface area contributed by atoms with Crippen LogP contribution in [0.4, 0.5) is 0 Å². The van der Waals surface area contributed by atoms with Crippen LogP contribution in [0.5, 0.6) is 17.2 Å². The second-order valence-corrected chi connectivity index (χ2v) is 6.44. The van der Waals surface area contributed by atoms with Crippen molar-refractivity contribution in [3.05, 3.63) is 90.9 Å². The molecule has 1 heterocycles. The lowest BCUT2D eigenvalue weighted by atomic mass is 9.99. The molecule has 3 aromatic carbocycles. The number of ether oxygens (including phenoxy) is 2. The summed E-state index contributed by atoms with van der Waals surface area (Å²) in [6.45, 7) is 0.430. The number of hydrogen-bond donors (Lipinski definition) is 1. The first-order chi connectivity index (χ1) is 14.3. The molecular weight excluding hydrogens is 364 g/mol. The van der Waals surface area contributed by atoms with Crippen molar-refractivity contribution in [2.45, 2.75) is 6.61 Å². The van der Waals surface area contributed by atoms with Gasteiger partial charge < -0.3 is 14.6 Å².